The van der Waals surface area contributed by atoms with Gasteiger partial charge in [0, 0.05) is 25.2 Å². The molecule has 0 spiro atoms. The number of nitrogens with zero attached hydrogens (tertiary/aromatic N) is 1. The second kappa shape index (κ2) is 4.90. The molecule has 0 aliphatic heterocycles. The summed E-state index contributed by atoms with van der Waals surface area (Å²) in [5.41, 5.74) is 4.56. The number of phosphoric ester groups is 1. The molecule has 1 aromatic rings. The Morgan fingerprint density at radius 1 is 1.69 bits per heavy atom. The molecule has 1 rings (SSSR count). The molecule has 0 aliphatic rings. The molecule has 90 valence electrons. The van der Waals surface area contributed by atoms with Crippen LogP contribution in [0.3, 0.4) is 0 Å². The van der Waals surface area contributed by atoms with Gasteiger partial charge in [-0.05, 0) is 6.92 Å². The van der Waals surface area contributed by atoms with Crippen molar-refractivity contribution in [3.63, 3.8) is 0 Å². The van der Waals surface area contributed by atoms with E-state index in [1.807, 2.05) is 0 Å². The van der Waals surface area contributed by atoms with E-state index in [0.29, 0.717) is 0 Å². The molecule has 1 heterocycles. The van der Waals surface area contributed by atoms with E-state index >= 15 is 0 Å². The van der Waals surface area contributed by atoms with Crippen LogP contribution in [0.4, 0.5) is 0 Å². The van der Waals surface area contributed by atoms with Crippen LogP contribution in [-0.2, 0) is 22.2 Å². The molecule has 0 bridgehead atoms. The number of aromatic nitrogens is 1. The summed E-state index contributed by atoms with van der Waals surface area (Å²) in [7, 11) is -5.12. The molecule has 1 atom stereocenters. The second-order valence-corrected chi connectivity index (χ2v) is 4.03. The van der Waals surface area contributed by atoms with Gasteiger partial charge in [-0.1, -0.05) is 0 Å². The van der Waals surface area contributed by atoms with Crippen LogP contribution >= 0.6 is 7.82 Å². The fourth-order valence-electron chi connectivity index (χ4n) is 0.973. The number of aromatic hydroxyl groups is 1. The molecule has 0 aromatic carbocycles. The van der Waals surface area contributed by atoms with E-state index in [-0.39, 0.29) is 11.3 Å². The number of aryl methyl sites for hydroxylation is 1. The molecule has 16 heavy (non-hydrogen) atoms. The molecule has 0 fully saturated rings. The van der Waals surface area contributed by atoms with E-state index in [1.165, 1.54) is 6.92 Å². The number of hydrogen-bond donors (Lipinski definition) is 4. The molecule has 1 unspecified atom stereocenters. The maximum Gasteiger partial charge on any atom is 0.469 e. The standard InChI is InChI=1S/C8H13N2O5P/c1-5-8(11)7(2-9)6(3-10-5)4-15-16(12,13)14/h3,11H,2,4,9H2,1H3,(H2,12,13,14)/i2D,4D2. The van der Waals surface area contributed by atoms with Gasteiger partial charge in [-0.3, -0.25) is 9.51 Å². The second-order valence-electron chi connectivity index (χ2n) is 2.87. The molecular weight excluding hydrogens is 235 g/mol. The van der Waals surface area contributed by atoms with Crippen molar-refractivity contribution < 1.29 is 28.1 Å². The van der Waals surface area contributed by atoms with Crippen LogP contribution in [0, 0.1) is 6.92 Å². The van der Waals surface area contributed by atoms with Crippen molar-refractivity contribution in [2.24, 2.45) is 5.73 Å². The van der Waals surface area contributed by atoms with Gasteiger partial charge in [0.2, 0.25) is 0 Å². The first-order valence-electron chi connectivity index (χ1n) is 5.66. The number of phosphoric acid groups is 1. The van der Waals surface area contributed by atoms with E-state index in [9.17, 15) is 9.67 Å². The SMILES string of the molecule is [2H]C(N)c1c(C([2H])([2H])OP(=O)(O)O)cnc(C)c1O. The van der Waals surface area contributed by atoms with Crippen molar-refractivity contribution in [1.82, 2.24) is 4.98 Å². The lowest BCUT2D eigenvalue weighted by atomic mass is 10.1. The Kier molecular flexibility index (Phi) is 2.79. The molecule has 8 heteroatoms. The van der Waals surface area contributed by atoms with Crippen LogP contribution in [0.2, 0.25) is 0 Å². The third-order valence-electron chi connectivity index (χ3n) is 1.72. The van der Waals surface area contributed by atoms with Crippen LogP contribution in [-0.4, -0.2) is 19.9 Å². The monoisotopic (exact) mass is 251 g/mol. The summed E-state index contributed by atoms with van der Waals surface area (Å²) in [5, 5.41) is 9.73. The van der Waals surface area contributed by atoms with Crippen LogP contribution in [0.25, 0.3) is 0 Å². The summed E-state index contributed by atoms with van der Waals surface area (Å²) >= 11 is 0. The maximum atomic E-state index is 10.7. The average molecular weight is 251 g/mol. The molecule has 0 aliphatic carbocycles. The highest BCUT2D eigenvalue weighted by Crippen LogP contribution is 2.37. The predicted molar refractivity (Wildman–Crippen MR) is 55.4 cm³/mol. The average Bonchev–Trinajstić information content (AvgIpc) is 2.17. The van der Waals surface area contributed by atoms with Gasteiger partial charge in [-0.25, -0.2) is 4.57 Å². The lowest BCUT2D eigenvalue weighted by molar-refractivity contribution is 0.188. The summed E-state index contributed by atoms with van der Waals surface area (Å²) in [5.74, 6) is -0.516. The number of rotatable bonds is 4. The van der Waals surface area contributed by atoms with Crippen molar-refractivity contribution in [2.45, 2.75) is 20.0 Å². The van der Waals surface area contributed by atoms with Gasteiger partial charge in [-0.2, -0.15) is 0 Å². The van der Waals surface area contributed by atoms with E-state index in [4.69, 9.17) is 19.6 Å². The predicted octanol–water partition coefficient (Wildman–Crippen LogP) is 0.164. The zero-order valence-electron chi connectivity index (χ0n) is 11.3. The maximum absolute atomic E-state index is 10.7. The Morgan fingerprint density at radius 2 is 2.31 bits per heavy atom. The van der Waals surface area contributed by atoms with E-state index in [0.717, 1.165) is 6.20 Å². The fraction of sp³-hybridized carbons (Fsp3) is 0.375. The summed E-state index contributed by atoms with van der Waals surface area (Å²) in [6.45, 7) is -3.07. The van der Waals surface area contributed by atoms with Gasteiger partial charge in [0.25, 0.3) is 0 Å². The van der Waals surface area contributed by atoms with E-state index < -0.39 is 32.2 Å². The molecule has 1 aromatic heterocycles. The quantitative estimate of drug-likeness (QED) is 0.561. The minimum absolute atomic E-state index is 0.105. The van der Waals surface area contributed by atoms with Crippen LogP contribution < -0.4 is 5.73 Å². The number of nitrogens with two attached hydrogens (primary N) is 1. The largest absolute Gasteiger partial charge is 0.506 e. The van der Waals surface area contributed by atoms with Gasteiger partial charge in [0.1, 0.15) is 5.75 Å². The zero-order chi connectivity index (χ0) is 15.0. The Labute approximate surface area is 96.3 Å². The van der Waals surface area contributed by atoms with Crippen LogP contribution in [0.1, 0.15) is 20.9 Å². The third kappa shape index (κ3) is 3.26. The summed E-state index contributed by atoms with van der Waals surface area (Å²) in [6.07, 6.45) is 0.911. The summed E-state index contributed by atoms with van der Waals surface area (Å²) < 4.78 is 37.1. The van der Waals surface area contributed by atoms with E-state index in [1.54, 1.807) is 0 Å². The third-order valence-corrected chi connectivity index (χ3v) is 2.05. The van der Waals surface area contributed by atoms with Crippen LogP contribution in [0.5, 0.6) is 5.75 Å². The lowest BCUT2D eigenvalue weighted by Gasteiger charge is -2.11. The van der Waals surface area contributed by atoms with Crippen molar-refractivity contribution in [1.29, 1.82) is 0 Å². The molecule has 0 saturated carbocycles. The van der Waals surface area contributed by atoms with Crippen molar-refractivity contribution >= 4 is 7.82 Å². The molecule has 0 saturated heterocycles. The van der Waals surface area contributed by atoms with Crippen LogP contribution in [0.15, 0.2) is 6.20 Å². The summed E-state index contributed by atoms with van der Waals surface area (Å²) in [6, 6.07) is 0. The molecule has 7 nitrogen and oxygen atoms in total. The highest BCUT2D eigenvalue weighted by atomic mass is 31.2. The van der Waals surface area contributed by atoms with Gasteiger partial charge in [-0.15, -0.1) is 0 Å². The van der Waals surface area contributed by atoms with Gasteiger partial charge in [0.15, 0.2) is 0 Å². The van der Waals surface area contributed by atoms with Gasteiger partial charge < -0.3 is 20.6 Å². The topological polar surface area (TPSA) is 126 Å². The van der Waals surface area contributed by atoms with Crippen molar-refractivity contribution in [3.05, 3.63) is 23.0 Å². The Morgan fingerprint density at radius 3 is 2.81 bits per heavy atom. The Hall–Kier alpha value is -0.980. The number of pyridine rings is 1. The molecule has 0 radical (unpaired) electrons. The first-order chi connectivity index (χ1) is 8.46. The zero-order valence-corrected chi connectivity index (χ0v) is 9.18. The smallest absolute Gasteiger partial charge is 0.469 e. The minimum Gasteiger partial charge on any atom is -0.506 e. The first-order valence-corrected chi connectivity index (χ1v) is 5.62. The van der Waals surface area contributed by atoms with Crippen molar-refractivity contribution in [3.8, 4) is 5.75 Å². The Bertz CT molecular complexity index is 533. The first kappa shape index (κ1) is 9.09. The van der Waals surface area contributed by atoms with Gasteiger partial charge >= 0.3 is 7.82 Å². The molecule has 0 amide bonds. The minimum atomic E-state index is -5.12. The highest BCUT2D eigenvalue weighted by Gasteiger charge is 2.17. The van der Waals surface area contributed by atoms with E-state index in [2.05, 4.69) is 9.51 Å². The summed E-state index contributed by atoms with van der Waals surface area (Å²) in [4.78, 5) is 21.0. The van der Waals surface area contributed by atoms with Gasteiger partial charge in [0.05, 0.1) is 15.0 Å². The normalized spacial score (nSPS) is 17.4. The number of hydrogen-bond acceptors (Lipinski definition) is 5. The molecular formula is C8H13N2O5P. The highest BCUT2D eigenvalue weighted by molar-refractivity contribution is 7.46. The molecule has 5 N–H and O–H groups in total. The van der Waals surface area contributed by atoms with Crippen molar-refractivity contribution in [2.75, 3.05) is 0 Å². The Balaban J connectivity index is 3.42. The lowest BCUT2D eigenvalue weighted by Crippen LogP contribution is -2.05. The fourth-order valence-corrected chi connectivity index (χ4v) is 1.19.